The van der Waals surface area contributed by atoms with Gasteiger partial charge in [0.15, 0.2) is 0 Å². The Morgan fingerprint density at radius 2 is 1.90 bits per heavy atom. The number of allylic oxidation sites excluding steroid dienone is 4. The summed E-state index contributed by atoms with van der Waals surface area (Å²) >= 11 is 0. The van der Waals surface area contributed by atoms with Crippen LogP contribution in [0.2, 0.25) is 0 Å². The molecule has 1 heterocycles. The van der Waals surface area contributed by atoms with Crippen molar-refractivity contribution in [3.8, 4) is 0 Å². The Morgan fingerprint density at radius 1 is 1.10 bits per heavy atom. The molecule has 0 aromatic carbocycles. The Labute approximate surface area is 247 Å². The Morgan fingerprint density at radius 3 is 2.65 bits per heavy atom. The van der Waals surface area contributed by atoms with Gasteiger partial charge in [-0.15, -0.1) is 0 Å². The van der Waals surface area contributed by atoms with Gasteiger partial charge in [0.05, 0.1) is 6.42 Å². The van der Waals surface area contributed by atoms with Crippen LogP contribution in [-0.2, 0) is 9.53 Å². The van der Waals surface area contributed by atoms with Crippen LogP contribution in [0.25, 0.3) is 0 Å². The molecule has 3 nitrogen and oxygen atoms in total. The summed E-state index contributed by atoms with van der Waals surface area (Å²) in [6, 6.07) is 0. The maximum Gasteiger partial charge on any atom is 0.306 e. The Bertz CT molecular complexity index is 1030. The van der Waals surface area contributed by atoms with Crippen LogP contribution >= 0.6 is 0 Å². The molecule has 1 N–H and O–H groups in total. The largest absolute Gasteiger partial charge is 0.462 e. The van der Waals surface area contributed by atoms with E-state index in [0.29, 0.717) is 23.2 Å². The third kappa shape index (κ3) is 5.87. The van der Waals surface area contributed by atoms with Crippen LogP contribution in [0.3, 0.4) is 0 Å². The number of nitrogens with one attached hydrogen (secondary N) is 1. The van der Waals surface area contributed by atoms with Crippen molar-refractivity contribution in [3.63, 3.8) is 0 Å². The van der Waals surface area contributed by atoms with Gasteiger partial charge in [-0.3, -0.25) is 4.79 Å². The minimum atomic E-state index is -0.0301. The number of hydrogen-bond donors (Lipinski definition) is 1. The van der Waals surface area contributed by atoms with Gasteiger partial charge in [0, 0.05) is 19.7 Å². The number of dihydropyridines is 1. The topological polar surface area (TPSA) is 38.3 Å². The van der Waals surface area contributed by atoms with E-state index in [1.807, 2.05) is 0 Å². The molecule has 0 bridgehead atoms. The molecule has 3 heteroatoms. The Kier molecular flexibility index (Phi) is 8.99. The fourth-order valence-electron chi connectivity index (χ4n) is 10.2. The lowest BCUT2D eigenvalue weighted by Crippen LogP contribution is -2.51. The van der Waals surface area contributed by atoms with Crippen LogP contribution in [0.4, 0.5) is 0 Å². The van der Waals surface area contributed by atoms with E-state index in [4.69, 9.17) is 4.74 Å². The van der Waals surface area contributed by atoms with Crippen molar-refractivity contribution in [2.75, 3.05) is 0 Å². The first-order chi connectivity index (χ1) is 19.0. The molecule has 226 valence electrons. The van der Waals surface area contributed by atoms with Crippen LogP contribution < -0.4 is 5.32 Å². The SMILES string of the molecule is CC1=CNC(CCC(=O)OC2CCC3(C)C(=CCC4C3CCC3(C)C(C(C)CCCC(C)C)CCC43)C2)=CC1C.[HH]. The van der Waals surface area contributed by atoms with Crippen molar-refractivity contribution >= 4 is 5.97 Å². The van der Waals surface area contributed by atoms with Crippen molar-refractivity contribution < 1.29 is 11.0 Å². The third-order valence-corrected chi connectivity index (χ3v) is 12.8. The Hall–Kier alpha value is -1.51. The molecular weight excluding hydrogens is 490 g/mol. The average Bonchev–Trinajstić information content (AvgIpc) is 3.26. The summed E-state index contributed by atoms with van der Waals surface area (Å²) in [6.07, 6.45) is 22.6. The van der Waals surface area contributed by atoms with Crippen LogP contribution in [0.1, 0.15) is 133 Å². The highest BCUT2D eigenvalue weighted by Gasteiger charge is 2.59. The molecule has 0 amide bonds. The molecular formula is C37H61NO2. The molecule has 3 fully saturated rings. The average molecular weight is 552 g/mol. The Balaban J connectivity index is 0.00000387. The van der Waals surface area contributed by atoms with Gasteiger partial charge < -0.3 is 10.1 Å². The van der Waals surface area contributed by atoms with Crippen molar-refractivity contribution in [1.29, 1.82) is 0 Å². The van der Waals surface area contributed by atoms with Crippen LogP contribution in [0.15, 0.2) is 35.2 Å². The predicted octanol–water partition coefficient (Wildman–Crippen LogP) is 9.99. The summed E-state index contributed by atoms with van der Waals surface area (Å²) in [5, 5.41) is 3.35. The highest BCUT2D eigenvalue weighted by Crippen LogP contribution is 2.67. The van der Waals surface area contributed by atoms with Gasteiger partial charge in [-0.05, 0) is 111 Å². The molecule has 5 aliphatic rings. The molecule has 40 heavy (non-hydrogen) atoms. The van der Waals surface area contributed by atoms with E-state index in [2.05, 4.69) is 72.1 Å². The van der Waals surface area contributed by atoms with Crippen molar-refractivity contribution in [2.24, 2.45) is 52.3 Å². The molecule has 0 aromatic heterocycles. The van der Waals surface area contributed by atoms with Crippen molar-refractivity contribution in [3.05, 3.63) is 35.2 Å². The van der Waals surface area contributed by atoms with E-state index in [1.165, 1.54) is 63.4 Å². The lowest BCUT2D eigenvalue weighted by atomic mass is 9.47. The summed E-state index contributed by atoms with van der Waals surface area (Å²) in [7, 11) is 0. The van der Waals surface area contributed by atoms with Crippen LogP contribution in [-0.4, -0.2) is 12.1 Å². The highest BCUT2D eigenvalue weighted by atomic mass is 16.5. The lowest BCUT2D eigenvalue weighted by molar-refractivity contribution is -0.151. The first-order valence-electron chi connectivity index (χ1n) is 17.0. The minimum Gasteiger partial charge on any atom is -0.462 e. The molecule has 0 saturated heterocycles. The van der Waals surface area contributed by atoms with Gasteiger partial charge in [-0.2, -0.15) is 0 Å². The summed E-state index contributed by atoms with van der Waals surface area (Å²) in [4.78, 5) is 12.8. The number of carbonyl (C=O) groups excluding carboxylic acids is 1. The summed E-state index contributed by atoms with van der Waals surface area (Å²) in [5.41, 5.74) is 4.95. The number of esters is 1. The maximum absolute atomic E-state index is 12.8. The molecule has 0 spiro atoms. The number of ether oxygens (including phenoxy) is 1. The maximum atomic E-state index is 12.8. The quantitative estimate of drug-likeness (QED) is 0.229. The zero-order chi connectivity index (χ0) is 28.7. The van der Waals surface area contributed by atoms with Gasteiger partial charge in [-0.25, -0.2) is 0 Å². The molecule has 3 saturated carbocycles. The smallest absolute Gasteiger partial charge is 0.306 e. The fraction of sp³-hybridized carbons (Fsp3) is 0.811. The summed E-state index contributed by atoms with van der Waals surface area (Å²) in [6.45, 7) is 16.9. The molecule has 9 atom stereocenters. The number of carbonyl (C=O) groups is 1. The molecule has 9 unspecified atom stereocenters. The first-order valence-corrected chi connectivity index (χ1v) is 17.0. The normalized spacial score (nSPS) is 39.6. The molecule has 5 rings (SSSR count). The van der Waals surface area contributed by atoms with Gasteiger partial charge in [-0.1, -0.05) is 84.1 Å². The van der Waals surface area contributed by atoms with Gasteiger partial charge >= 0.3 is 5.97 Å². The van der Waals surface area contributed by atoms with Crippen molar-refractivity contribution in [1.82, 2.24) is 5.32 Å². The fourth-order valence-corrected chi connectivity index (χ4v) is 10.2. The number of fused-ring (bicyclic) bond motifs is 5. The monoisotopic (exact) mass is 551 g/mol. The predicted molar refractivity (Wildman–Crippen MR) is 168 cm³/mol. The zero-order valence-electron chi connectivity index (χ0n) is 26.9. The standard InChI is InChI=1S/C37H59NO2.H2/c1-24(2)9-8-10-25(3)32-14-15-33-31-13-11-28-22-30(17-19-36(28,6)34(31)18-20-37(32,33)7)40-35(39)16-12-29-21-26(4)27(5)23-38-29;/h11,21,23-26,30-34,38H,8-10,12-20,22H2,1-7H3;1H. The van der Waals surface area contributed by atoms with E-state index in [0.717, 1.165) is 60.5 Å². The molecule has 0 aromatic rings. The van der Waals surface area contributed by atoms with Crippen LogP contribution in [0, 0.1) is 52.3 Å². The lowest BCUT2D eigenvalue weighted by Gasteiger charge is -2.58. The second-order valence-corrected chi connectivity index (χ2v) is 15.7. The molecule has 4 aliphatic carbocycles. The first kappa shape index (κ1) is 30.0. The van der Waals surface area contributed by atoms with E-state index < -0.39 is 0 Å². The number of rotatable bonds is 9. The van der Waals surface area contributed by atoms with Gasteiger partial charge in [0.1, 0.15) is 6.10 Å². The van der Waals surface area contributed by atoms with Gasteiger partial charge in [0.2, 0.25) is 0 Å². The van der Waals surface area contributed by atoms with E-state index in [9.17, 15) is 4.79 Å². The van der Waals surface area contributed by atoms with E-state index >= 15 is 0 Å². The zero-order valence-corrected chi connectivity index (χ0v) is 26.9. The number of hydrogen-bond acceptors (Lipinski definition) is 3. The second kappa shape index (κ2) is 12.0. The second-order valence-electron chi connectivity index (χ2n) is 15.7. The highest BCUT2D eigenvalue weighted by molar-refractivity contribution is 5.70. The van der Waals surface area contributed by atoms with E-state index in [1.54, 1.807) is 5.57 Å². The van der Waals surface area contributed by atoms with Crippen molar-refractivity contribution in [2.45, 2.75) is 138 Å². The third-order valence-electron chi connectivity index (χ3n) is 12.8. The molecule has 0 radical (unpaired) electrons. The summed E-state index contributed by atoms with van der Waals surface area (Å²) < 4.78 is 6.08. The minimum absolute atomic E-state index is 0. The van der Waals surface area contributed by atoms with Crippen LogP contribution in [0.5, 0.6) is 0 Å². The molecule has 1 aliphatic heterocycles. The van der Waals surface area contributed by atoms with E-state index in [-0.39, 0.29) is 13.5 Å². The van der Waals surface area contributed by atoms with Gasteiger partial charge in [0.25, 0.3) is 0 Å². The summed E-state index contributed by atoms with van der Waals surface area (Å²) in [5.74, 6) is 5.61.